The molecule has 0 amide bonds. The van der Waals surface area contributed by atoms with Crippen molar-refractivity contribution in [2.75, 3.05) is 39.1 Å². The summed E-state index contributed by atoms with van der Waals surface area (Å²) in [6, 6.07) is 2.19. The Morgan fingerprint density at radius 1 is 1.15 bits per heavy atom. The van der Waals surface area contributed by atoms with Gasteiger partial charge in [0.15, 0.2) is 17.2 Å². The number of phenols is 1. The van der Waals surface area contributed by atoms with Gasteiger partial charge in [-0.15, -0.1) is 0 Å². The molecular formula is C29H37N3O7. The van der Waals surface area contributed by atoms with Crippen LogP contribution in [-0.2, 0) is 27.3 Å². The molecule has 4 aliphatic rings. The van der Waals surface area contributed by atoms with E-state index in [1.54, 1.807) is 0 Å². The number of rotatable bonds is 5. The van der Waals surface area contributed by atoms with Crippen LogP contribution in [0, 0.1) is 11.8 Å². The summed E-state index contributed by atoms with van der Waals surface area (Å²) in [4.78, 5) is 42.7. The summed E-state index contributed by atoms with van der Waals surface area (Å²) in [5.74, 6) is -5.26. The van der Waals surface area contributed by atoms with Crippen LogP contribution in [0.5, 0.6) is 5.75 Å². The molecule has 0 radical (unpaired) electrons. The molecule has 0 unspecified atom stereocenters. The predicted octanol–water partition coefficient (Wildman–Crippen LogP) is 1.78. The number of likely N-dealkylation sites (tertiary alicyclic amines) is 1. The van der Waals surface area contributed by atoms with Gasteiger partial charge in [0, 0.05) is 55.8 Å². The highest BCUT2D eigenvalue weighted by Crippen LogP contribution is 2.53. The molecule has 210 valence electrons. The lowest BCUT2D eigenvalue weighted by atomic mass is 9.59. The van der Waals surface area contributed by atoms with Crippen LogP contribution in [0.15, 0.2) is 23.0 Å². The number of benzene rings is 1. The molecule has 0 spiro atoms. The molecule has 2 fully saturated rings. The maximum Gasteiger partial charge on any atom is 0.202 e. The zero-order valence-corrected chi connectivity index (χ0v) is 22.9. The number of piperidine rings is 1. The molecular weight excluding hydrogens is 502 g/mol. The van der Waals surface area contributed by atoms with Gasteiger partial charge < -0.3 is 35.5 Å². The molecule has 10 nitrogen and oxygen atoms in total. The van der Waals surface area contributed by atoms with Crippen molar-refractivity contribution < 1.29 is 34.8 Å². The van der Waals surface area contributed by atoms with E-state index < -0.39 is 51.9 Å². The highest BCUT2D eigenvalue weighted by Gasteiger charge is 2.60. The second kappa shape index (κ2) is 9.76. The van der Waals surface area contributed by atoms with E-state index in [-0.39, 0.29) is 29.7 Å². The fourth-order valence-electron chi connectivity index (χ4n) is 6.83. The van der Waals surface area contributed by atoms with Crippen molar-refractivity contribution in [3.63, 3.8) is 0 Å². The Kier molecular flexibility index (Phi) is 6.85. The average molecular weight is 540 g/mol. The molecule has 5 N–H and O–H groups in total. The van der Waals surface area contributed by atoms with Crippen LogP contribution in [0.1, 0.15) is 49.3 Å². The van der Waals surface area contributed by atoms with Gasteiger partial charge in [0.25, 0.3) is 0 Å². The minimum absolute atomic E-state index is 0.0921. The summed E-state index contributed by atoms with van der Waals surface area (Å²) in [7, 11) is 5.83. The number of carbonyl (C=O) groups is 3. The number of nitrogens with zero attached hydrogens (tertiary/aromatic N) is 2. The van der Waals surface area contributed by atoms with Gasteiger partial charge in [-0.2, -0.15) is 0 Å². The summed E-state index contributed by atoms with van der Waals surface area (Å²) in [6.07, 6.45) is 2.15. The number of hydrogen-bond acceptors (Lipinski definition) is 10. The van der Waals surface area contributed by atoms with Gasteiger partial charge in [0.05, 0.1) is 5.56 Å². The van der Waals surface area contributed by atoms with Crippen LogP contribution in [0.2, 0.25) is 0 Å². The standard InChI is InChI=1S/C29H37N3O7/c1-14(33)22-21(34)12-17-9-15-10-19-20(31(2)3)11-16(13-30-18-5-7-32(4)8-6-18)25(35)24(19)26(36)23(15)28(38)29(17,39)27(22)37/h11,15,17-18,30,35-37,39H,5-10,12-13H2,1-4H3/t15-,17+,29-/m1/s1. The van der Waals surface area contributed by atoms with Crippen LogP contribution >= 0.6 is 0 Å². The lowest BCUT2D eigenvalue weighted by Crippen LogP contribution is -2.57. The number of aromatic hydroxyl groups is 1. The molecule has 10 heteroatoms. The van der Waals surface area contributed by atoms with Crippen molar-refractivity contribution in [1.29, 1.82) is 0 Å². The summed E-state index contributed by atoms with van der Waals surface area (Å²) in [6.45, 7) is 3.43. The van der Waals surface area contributed by atoms with E-state index in [0.29, 0.717) is 30.1 Å². The third-order valence-corrected chi connectivity index (χ3v) is 9.01. The number of nitrogens with one attached hydrogen (secondary N) is 1. The van der Waals surface area contributed by atoms with Gasteiger partial charge in [-0.3, -0.25) is 14.4 Å². The summed E-state index contributed by atoms with van der Waals surface area (Å²) in [5, 5.41) is 48.7. The minimum atomic E-state index is -2.49. The van der Waals surface area contributed by atoms with E-state index >= 15 is 0 Å². The molecule has 1 aromatic carbocycles. The Bertz CT molecular complexity index is 1320. The van der Waals surface area contributed by atoms with Gasteiger partial charge in [0.2, 0.25) is 5.78 Å². The number of hydrogen-bond donors (Lipinski definition) is 5. The van der Waals surface area contributed by atoms with Gasteiger partial charge in [-0.25, -0.2) is 0 Å². The van der Waals surface area contributed by atoms with Gasteiger partial charge in [0.1, 0.15) is 22.8 Å². The van der Waals surface area contributed by atoms with E-state index in [2.05, 4.69) is 17.3 Å². The number of aliphatic hydroxyl groups is 3. The van der Waals surface area contributed by atoms with Crippen molar-refractivity contribution in [3.05, 3.63) is 39.7 Å². The SMILES string of the molecule is CC(=O)C1=C(O)[C@@]2(O)C(=O)C3=C(O)c4c(O)c(CNC5CCN(C)CC5)cc(N(C)C)c4C[C@H]3C[C@H]2CC1=O. The van der Waals surface area contributed by atoms with Crippen molar-refractivity contribution >= 4 is 28.8 Å². The molecule has 1 aliphatic heterocycles. The van der Waals surface area contributed by atoms with Gasteiger partial charge >= 0.3 is 0 Å². The van der Waals surface area contributed by atoms with Crippen LogP contribution in [0.25, 0.3) is 5.76 Å². The van der Waals surface area contributed by atoms with Crippen LogP contribution in [0.3, 0.4) is 0 Å². The number of ketones is 3. The third kappa shape index (κ3) is 4.25. The molecule has 1 aromatic rings. The highest BCUT2D eigenvalue weighted by atomic mass is 16.3. The van der Waals surface area contributed by atoms with E-state index in [4.69, 9.17) is 0 Å². The lowest BCUT2D eigenvalue weighted by molar-refractivity contribution is -0.147. The van der Waals surface area contributed by atoms with E-state index in [1.807, 2.05) is 25.1 Å². The van der Waals surface area contributed by atoms with Crippen LogP contribution in [0.4, 0.5) is 5.69 Å². The zero-order valence-electron chi connectivity index (χ0n) is 22.9. The Morgan fingerprint density at radius 3 is 2.44 bits per heavy atom. The second-order valence-electron chi connectivity index (χ2n) is 11.7. The Morgan fingerprint density at radius 2 is 1.82 bits per heavy atom. The number of fused-ring (bicyclic) bond motifs is 3. The Balaban J connectivity index is 1.58. The number of Topliss-reactive ketones (excluding diaryl/α,β-unsaturated/α-hetero) is 3. The largest absolute Gasteiger partial charge is 0.508 e. The zero-order chi connectivity index (χ0) is 28.4. The fraction of sp³-hybridized carbons (Fsp3) is 0.552. The molecule has 1 heterocycles. The van der Waals surface area contributed by atoms with Crippen LogP contribution < -0.4 is 10.2 Å². The molecule has 1 saturated heterocycles. The van der Waals surface area contributed by atoms with Crippen molar-refractivity contribution in [2.45, 2.75) is 57.2 Å². The number of phenolic OH excluding ortho intramolecular Hbond substituents is 1. The Labute approximate surface area is 227 Å². The normalized spacial score (nSPS) is 27.8. The molecule has 1 saturated carbocycles. The predicted molar refractivity (Wildman–Crippen MR) is 145 cm³/mol. The minimum Gasteiger partial charge on any atom is -0.508 e. The molecule has 5 rings (SSSR count). The van der Waals surface area contributed by atoms with Crippen molar-refractivity contribution in [3.8, 4) is 5.75 Å². The first-order chi connectivity index (χ1) is 18.4. The first-order valence-corrected chi connectivity index (χ1v) is 13.5. The lowest BCUT2D eigenvalue weighted by Gasteiger charge is -2.46. The van der Waals surface area contributed by atoms with Gasteiger partial charge in [-0.05, 0) is 70.3 Å². The molecule has 3 atom stereocenters. The Hall–Kier alpha value is -3.21. The first kappa shape index (κ1) is 27.4. The summed E-state index contributed by atoms with van der Waals surface area (Å²) >= 11 is 0. The molecule has 0 bridgehead atoms. The average Bonchev–Trinajstić information content (AvgIpc) is 2.86. The smallest absolute Gasteiger partial charge is 0.202 e. The van der Waals surface area contributed by atoms with E-state index in [9.17, 15) is 34.8 Å². The van der Waals surface area contributed by atoms with E-state index in [0.717, 1.165) is 38.5 Å². The van der Waals surface area contributed by atoms with Gasteiger partial charge in [-0.1, -0.05) is 0 Å². The number of anilines is 1. The molecule has 0 aromatic heterocycles. The monoisotopic (exact) mass is 539 g/mol. The fourth-order valence-corrected chi connectivity index (χ4v) is 6.83. The topological polar surface area (TPSA) is 151 Å². The number of allylic oxidation sites excluding steroid dienone is 1. The number of carbonyl (C=O) groups excluding carboxylic acids is 3. The first-order valence-electron chi connectivity index (χ1n) is 13.5. The second-order valence-corrected chi connectivity index (χ2v) is 11.7. The number of aliphatic hydroxyl groups excluding tert-OH is 2. The maximum absolute atomic E-state index is 13.8. The maximum atomic E-state index is 13.8. The summed E-state index contributed by atoms with van der Waals surface area (Å²) < 4.78 is 0. The van der Waals surface area contributed by atoms with E-state index in [1.165, 1.54) is 0 Å². The third-order valence-electron chi connectivity index (χ3n) is 9.01. The highest BCUT2D eigenvalue weighted by molar-refractivity contribution is 6.23. The summed E-state index contributed by atoms with van der Waals surface area (Å²) in [5.41, 5.74) is -0.960. The molecule has 39 heavy (non-hydrogen) atoms. The molecule has 3 aliphatic carbocycles. The van der Waals surface area contributed by atoms with Crippen molar-refractivity contribution in [2.24, 2.45) is 11.8 Å². The van der Waals surface area contributed by atoms with Crippen LogP contribution in [-0.4, -0.2) is 88.6 Å². The van der Waals surface area contributed by atoms with Crippen molar-refractivity contribution in [1.82, 2.24) is 10.2 Å². The quantitative estimate of drug-likeness (QED) is 0.350.